The highest BCUT2D eigenvalue weighted by Gasteiger charge is 2.11. The summed E-state index contributed by atoms with van der Waals surface area (Å²) in [4.78, 5) is 12.7. The van der Waals surface area contributed by atoms with E-state index in [1.807, 2.05) is 43.9 Å². The second kappa shape index (κ2) is 10.8. The molecule has 0 saturated heterocycles. The van der Waals surface area contributed by atoms with E-state index >= 15 is 0 Å². The summed E-state index contributed by atoms with van der Waals surface area (Å²) in [5.74, 6) is 4.48. The van der Waals surface area contributed by atoms with Gasteiger partial charge in [-0.1, -0.05) is 0 Å². The number of rotatable bonds is 13. The van der Waals surface area contributed by atoms with Crippen LogP contribution in [0.25, 0.3) is 0 Å². The minimum atomic E-state index is 0.641. The van der Waals surface area contributed by atoms with E-state index in [4.69, 9.17) is 8.83 Å². The fourth-order valence-electron chi connectivity index (χ4n) is 3.41. The summed E-state index contributed by atoms with van der Waals surface area (Å²) in [7, 11) is 5.77. The van der Waals surface area contributed by atoms with Crippen LogP contribution in [0.3, 0.4) is 0 Å². The predicted molar refractivity (Wildman–Crippen MR) is 131 cm³/mol. The van der Waals surface area contributed by atoms with E-state index in [1.54, 1.807) is 12.5 Å². The van der Waals surface area contributed by atoms with Crippen LogP contribution in [-0.2, 0) is 19.3 Å². The first-order valence-corrected chi connectivity index (χ1v) is 11.3. The summed E-state index contributed by atoms with van der Waals surface area (Å²) < 4.78 is 11.1. The molecule has 4 aromatic rings. The van der Waals surface area contributed by atoms with Crippen LogP contribution in [0.5, 0.6) is 0 Å². The molecule has 0 radical (unpaired) electrons. The van der Waals surface area contributed by atoms with Crippen LogP contribution in [0, 0.1) is 6.92 Å². The lowest BCUT2D eigenvalue weighted by Gasteiger charge is -2.13. The van der Waals surface area contributed by atoms with Crippen molar-refractivity contribution in [3.63, 3.8) is 0 Å². The van der Waals surface area contributed by atoms with Gasteiger partial charge in [-0.2, -0.15) is 9.97 Å². The molecule has 0 aliphatic carbocycles. The van der Waals surface area contributed by atoms with Crippen molar-refractivity contribution >= 4 is 23.8 Å². The molecule has 182 valence electrons. The molecule has 4 rings (SSSR count). The van der Waals surface area contributed by atoms with E-state index in [2.05, 4.69) is 47.1 Å². The van der Waals surface area contributed by atoms with Gasteiger partial charge in [-0.15, -0.1) is 10.2 Å². The van der Waals surface area contributed by atoms with Crippen LogP contribution < -0.4 is 20.4 Å². The molecule has 0 unspecified atom stereocenters. The van der Waals surface area contributed by atoms with E-state index in [9.17, 15) is 0 Å². The van der Waals surface area contributed by atoms with Crippen molar-refractivity contribution in [2.24, 2.45) is 0 Å². The summed E-state index contributed by atoms with van der Waals surface area (Å²) >= 11 is 0. The number of nitrogens with one attached hydrogen (secondary N) is 4. The lowest BCUT2D eigenvalue weighted by Crippen LogP contribution is -2.21. The van der Waals surface area contributed by atoms with Crippen molar-refractivity contribution in [1.29, 1.82) is 0 Å². The van der Waals surface area contributed by atoms with E-state index in [1.165, 1.54) is 5.56 Å². The Morgan fingerprint density at radius 2 is 1.62 bits per heavy atom. The van der Waals surface area contributed by atoms with Crippen molar-refractivity contribution in [3.05, 3.63) is 47.3 Å². The summed E-state index contributed by atoms with van der Waals surface area (Å²) in [6, 6.07) is 4.08. The second-order valence-corrected chi connectivity index (χ2v) is 8.31. The fraction of sp³-hybridized carbons (Fsp3) is 0.455. The van der Waals surface area contributed by atoms with Gasteiger partial charge in [-0.05, 0) is 43.0 Å². The Kier molecular flexibility index (Phi) is 7.35. The third kappa shape index (κ3) is 6.09. The monoisotopic (exact) mass is 468 g/mol. The molecular weight excluding hydrogens is 436 g/mol. The topological polar surface area (TPSA) is 140 Å². The number of aromatic nitrogens is 6. The van der Waals surface area contributed by atoms with Crippen molar-refractivity contribution in [2.75, 3.05) is 61.2 Å². The van der Waals surface area contributed by atoms with Gasteiger partial charge in [0.05, 0.1) is 12.5 Å². The van der Waals surface area contributed by atoms with Crippen LogP contribution in [0.4, 0.5) is 23.8 Å². The Balaban J connectivity index is 1.17. The van der Waals surface area contributed by atoms with Gasteiger partial charge in [0.2, 0.25) is 23.8 Å². The highest BCUT2D eigenvalue weighted by molar-refractivity contribution is 5.36. The number of likely N-dealkylation sites (N-methyl/N-ethyl adjacent to an activating group) is 1. The van der Waals surface area contributed by atoms with Gasteiger partial charge >= 0.3 is 0 Å². The van der Waals surface area contributed by atoms with E-state index in [0.717, 1.165) is 56.0 Å². The van der Waals surface area contributed by atoms with Crippen molar-refractivity contribution < 1.29 is 8.83 Å². The van der Waals surface area contributed by atoms with Crippen LogP contribution in [0.15, 0.2) is 33.5 Å². The number of aryl methyl sites for hydroxylation is 1. The van der Waals surface area contributed by atoms with Gasteiger partial charge in [-0.25, -0.2) is 10.2 Å². The van der Waals surface area contributed by atoms with E-state index in [-0.39, 0.29) is 0 Å². The van der Waals surface area contributed by atoms with Crippen LogP contribution >= 0.6 is 0 Å². The van der Waals surface area contributed by atoms with Crippen LogP contribution in [-0.4, -0.2) is 71.1 Å². The van der Waals surface area contributed by atoms with Crippen molar-refractivity contribution in [1.82, 2.24) is 30.4 Å². The SMILES string of the molecule is Cc1occc1CCNc1nc(N(C)CCc2cc(CCNc3nc(N(C)C)n[nH]3)co2)n[nH]1. The molecule has 12 heteroatoms. The summed E-state index contributed by atoms with van der Waals surface area (Å²) in [6.07, 6.45) is 5.96. The first kappa shape index (κ1) is 23.2. The molecule has 0 spiro atoms. The molecule has 0 bridgehead atoms. The highest BCUT2D eigenvalue weighted by atomic mass is 16.3. The van der Waals surface area contributed by atoms with Crippen molar-refractivity contribution in [2.45, 2.75) is 26.2 Å². The lowest BCUT2D eigenvalue weighted by atomic mass is 10.2. The molecule has 0 atom stereocenters. The van der Waals surface area contributed by atoms with Crippen LogP contribution in [0.1, 0.15) is 22.6 Å². The predicted octanol–water partition coefficient (Wildman–Crippen LogP) is 2.47. The Bertz CT molecular complexity index is 1160. The molecule has 4 heterocycles. The average molecular weight is 469 g/mol. The molecular formula is C22H32N10O2. The number of furan rings is 2. The largest absolute Gasteiger partial charge is 0.469 e. The maximum atomic E-state index is 5.73. The van der Waals surface area contributed by atoms with E-state index in [0.29, 0.717) is 23.8 Å². The third-order valence-corrected chi connectivity index (χ3v) is 5.45. The van der Waals surface area contributed by atoms with Crippen LogP contribution in [0.2, 0.25) is 0 Å². The third-order valence-electron chi connectivity index (χ3n) is 5.45. The zero-order chi connectivity index (χ0) is 23.9. The molecule has 0 aliphatic rings. The number of hydrogen-bond donors (Lipinski definition) is 4. The Morgan fingerprint density at radius 1 is 0.912 bits per heavy atom. The number of aromatic amines is 2. The second-order valence-electron chi connectivity index (χ2n) is 8.31. The minimum Gasteiger partial charge on any atom is -0.469 e. The normalized spacial score (nSPS) is 11.1. The zero-order valence-electron chi connectivity index (χ0n) is 20.1. The molecule has 0 saturated carbocycles. The summed E-state index contributed by atoms with van der Waals surface area (Å²) in [5, 5.41) is 20.8. The molecule has 34 heavy (non-hydrogen) atoms. The molecule has 12 nitrogen and oxygen atoms in total. The lowest BCUT2D eigenvalue weighted by molar-refractivity contribution is 0.506. The molecule has 0 aliphatic heterocycles. The van der Waals surface area contributed by atoms with Gasteiger partial charge in [0, 0.05) is 47.2 Å². The summed E-state index contributed by atoms with van der Waals surface area (Å²) in [6.45, 7) is 4.18. The maximum absolute atomic E-state index is 5.73. The van der Waals surface area contributed by atoms with Gasteiger partial charge in [0.15, 0.2) is 0 Å². The molecule has 4 N–H and O–H groups in total. The molecule has 4 aromatic heterocycles. The number of H-pyrrole nitrogens is 2. The standard InChI is InChI=1S/C22H32N10O2/c1-15-17(8-12-33-15)6-10-24-20-26-22(30-28-20)32(4)11-7-18-13-16(14-34-18)5-9-23-19-25-21(29-27-19)31(2)3/h8,12-14H,5-7,9-11H2,1-4H3,(H2,23,25,27,29)(H2,24,26,28,30). The van der Waals surface area contributed by atoms with Gasteiger partial charge in [0.1, 0.15) is 11.5 Å². The molecule has 0 amide bonds. The quantitative estimate of drug-likeness (QED) is 0.231. The van der Waals surface area contributed by atoms with Gasteiger partial charge in [-0.3, -0.25) is 0 Å². The number of hydrogen-bond acceptors (Lipinski definition) is 10. The zero-order valence-corrected chi connectivity index (χ0v) is 20.1. The molecule has 0 fully saturated rings. The first-order chi connectivity index (χ1) is 16.5. The average Bonchev–Trinajstić information content (AvgIpc) is 3.61. The number of anilines is 4. The number of nitrogens with zero attached hydrogens (tertiary/aromatic N) is 6. The highest BCUT2D eigenvalue weighted by Crippen LogP contribution is 2.14. The Hall–Kier alpha value is -3.96. The Morgan fingerprint density at radius 3 is 2.29 bits per heavy atom. The van der Waals surface area contributed by atoms with Gasteiger partial charge < -0.3 is 29.3 Å². The van der Waals surface area contributed by atoms with Gasteiger partial charge in [0.25, 0.3) is 0 Å². The molecule has 0 aromatic carbocycles. The smallest absolute Gasteiger partial charge is 0.246 e. The fourth-order valence-corrected chi connectivity index (χ4v) is 3.41. The first-order valence-electron chi connectivity index (χ1n) is 11.3. The van der Waals surface area contributed by atoms with E-state index < -0.39 is 0 Å². The summed E-state index contributed by atoms with van der Waals surface area (Å²) in [5.41, 5.74) is 2.32. The Labute approximate surface area is 198 Å². The van der Waals surface area contributed by atoms with Crippen molar-refractivity contribution in [3.8, 4) is 0 Å². The maximum Gasteiger partial charge on any atom is 0.246 e. The minimum absolute atomic E-state index is 0.641.